The third kappa shape index (κ3) is 5.48. The van der Waals surface area contributed by atoms with E-state index in [9.17, 15) is 9.59 Å². The summed E-state index contributed by atoms with van der Waals surface area (Å²) in [5.74, 6) is 0.141. The summed E-state index contributed by atoms with van der Waals surface area (Å²) in [6.45, 7) is 9.90. The van der Waals surface area contributed by atoms with Gasteiger partial charge in [-0.2, -0.15) is 0 Å². The Balaban J connectivity index is 1.99. The van der Waals surface area contributed by atoms with Crippen LogP contribution in [-0.4, -0.2) is 49.4 Å². The third-order valence-electron chi connectivity index (χ3n) is 5.18. The highest BCUT2D eigenvalue weighted by molar-refractivity contribution is 5.92. The SMILES string of the molecule is CCN(CC)c1ccc(N(CCC(=O)N2CCCCCC2)C(C)=O)cc1. The van der Waals surface area contributed by atoms with Gasteiger partial charge in [0.05, 0.1) is 0 Å². The van der Waals surface area contributed by atoms with Crippen LogP contribution in [0, 0.1) is 0 Å². The Hall–Kier alpha value is -2.04. The first-order valence-electron chi connectivity index (χ1n) is 9.97. The van der Waals surface area contributed by atoms with E-state index in [0.29, 0.717) is 13.0 Å². The van der Waals surface area contributed by atoms with Crippen LogP contribution in [0.5, 0.6) is 0 Å². The van der Waals surface area contributed by atoms with Gasteiger partial charge in [-0.05, 0) is 51.0 Å². The Morgan fingerprint density at radius 3 is 1.96 bits per heavy atom. The molecule has 0 radical (unpaired) electrons. The van der Waals surface area contributed by atoms with Gasteiger partial charge in [0.25, 0.3) is 0 Å². The van der Waals surface area contributed by atoms with E-state index in [1.807, 2.05) is 17.0 Å². The van der Waals surface area contributed by atoms with E-state index in [1.54, 1.807) is 11.8 Å². The van der Waals surface area contributed by atoms with Crippen molar-refractivity contribution in [3.8, 4) is 0 Å². The molecule has 1 aliphatic heterocycles. The van der Waals surface area contributed by atoms with E-state index >= 15 is 0 Å². The van der Waals surface area contributed by atoms with E-state index in [2.05, 4.69) is 30.9 Å². The minimum Gasteiger partial charge on any atom is -0.372 e. The van der Waals surface area contributed by atoms with Gasteiger partial charge in [-0.25, -0.2) is 0 Å². The molecule has 0 N–H and O–H groups in total. The van der Waals surface area contributed by atoms with Crippen molar-refractivity contribution in [2.45, 2.75) is 52.9 Å². The number of carbonyl (C=O) groups is 2. The first kappa shape index (κ1) is 20.3. The second kappa shape index (κ2) is 10.2. The highest BCUT2D eigenvalue weighted by atomic mass is 16.2. The van der Waals surface area contributed by atoms with E-state index in [4.69, 9.17) is 0 Å². The molecule has 1 aromatic carbocycles. The third-order valence-corrected chi connectivity index (χ3v) is 5.18. The molecule has 1 aromatic rings. The highest BCUT2D eigenvalue weighted by Gasteiger charge is 2.18. The van der Waals surface area contributed by atoms with Crippen LogP contribution in [0.15, 0.2) is 24.3 Å². The number of carbonyl (C=O) groups excluding carboxylic acids is 2. The van der Waals surface area contributed by atoms with Crippen molar-refractivity contribution in [1.82, 2.24) is 4.90 Å². The Labute approximate surface area is 158 Å². The summed E-state index contributed by atoms with van der Waals surface area (Å²) in [5.41, 5.74) is 2.01. The zero-order valence-corrected chi connectivity index (χ0v) is 16.5. The lowest BCUT2D eigenvalue weighted by molar-refractivity contribution is -0.131. The van der Waals surface area contributed by atoms with Gasteiger partial charge in [0.1, 0.15) is 0 Å². The lowest BCUT2D eigenvalue weighted by Crippen LogP contribution is -2.36. The molecular weight excluding hydrogens is 326 g/mol. The molecule has 5 nitrogen and oxygen atoms in total. The lowest BCUT2D eigenvalue weighted by atomic mass is 10.2. The zero-order chi connectivity index (χ0) is 18.9. The number of hydrogen-bond donors (Lipinski definition) is 0. The summed E-state index contributed by atoms with van der Waals surface area (Å²) in [4.78, 5) is 30.6. The van der Waals surface area contributed by atoms with Crippen LogP contribution in [0.1, 0.15) is 52.9 Å². The Bertz CT molecular complexity index is 573. The Kier molecular flexibility index (Phi) is 7.95. The summed E-state index contributed by atoms with van der Waals surface area (Å²) < 4.78 is 0. The van der Waals surface area contributed by atoms with Crippen molar-refractivity contribution in [2.75, 3.05) is 42.5 Å². The quantitative estimate of drug-likeness (QED) is 0.746. The molecular formula is C21H33N3O2. The van der Waals surface area contributed by atoms with Crippen molar-refractivity contribution in [2.24, 2.45) is 0 Å². The fourth-order valence-corrected chi connectivity index (χ4v) is 3.59. The summed E-state index contributed by atoms with van der Waals surface area (Å²) >= 11 is 0. The smallest absolute Gasteiger partial charge is 0.224 e. The molecule has 0 spiro atoms. The average Bonchev–Trinajstić information content (AvgIpc) is 2.93. The molecule has 1 aliphatic rings. The fraction of sp³-hybridized carbons (Fsp3) is 0.619. The normalized spacial score (nSPS) is 14.7. The second-order valence-corrected chi connectivity index (χ2v) is 6.90. The van der Waals surface area contributed by atoms with Crippen LogP contribution in [0.2, 0.25) is 0 Å². The summed E-state index contributed by atoms with van der Waals surface area (Å²) in [5, 5.41) is 0. The summed E-state index contributed by atoms with van der Waals surface area (Å²) in [6, 6.07) is 8.06. The number of amides is 2. The zero-order valence-electron chi connectivity index (χ0n) is 16.5. The minimum atomic E-state index is -0.0238. The van der Waals surface area contributed by atoms with Gasteiger partial charge in [0.2, 0.25) is 11.8 Å². The van der Waals surface area contributed by atoms with Crippen molar-refractivity contribution in [1.29, 1.82) is 0 Å². The van der Waals surface area contributed by atoms with Crippen LogP contribution in [0.25, 0.3) is 0 Å². The van der Waals surface area contributed by atoms with Crippen molar-refractivity contribution >= 4 is 23.2 Å². The van der Waals surface area contributed by atoms with Crippen LogP contribution in [0.3, 0.4) is 0 Å². The van der Waals surface area contributed by atoms with Gasteiger partial charge in [-0.3, -0.25) is 9.59 Å². The van der Waals surface area contributed by atoms with E-state index < -0.39 is 0 Å². The maximum atomic E-state index is 12.5. The van der Waals surface area contributed by atoms with Crippen molar-refractivity contribution < 1.29 is 9.59 Å². The summed E-state index contributed by atoms with van der Waals surface area (Å²) in [6.07, 6.45) is 4.99. The number of hydrogen-bond acceptors (Lipinski definition) is 3. The molecule has 144 valence electrons. The first-order valence-corrected chi connectivity index (χ1v) is 9.97. The molecule has 0 aliphatic carbocycles. The van der Waals surface area contributed by atoms with Gasteiger partial charge >= 0.3 is 0 Å². The van der Waals surface area contributed by atoms with Gasteiger partial charge in [0.15, 0.2) is 0 Å². The molecule has 0 aromatic heterocycles. The molecule has 26 heavy (non-hydrogen) atoms. The number of rotatable bonds is 7. The Morgan fingerprint density at radius 2 is 1.46 bits per heavy atom. The molecule has 1 heterocycles. The molecule has 0 atom stereocenters. The van der Waals surface area contributed by atoms with Crippen LogP contribution < -0.4 is 9.80 Å². The number of anilines is 2. The largest absolute Gasteiger partial charge is 0.372 e. The fourth-order valence-electron chi connectivity index (χ4n) is 3.59. The minimum absolute atomic E-state index is 0.0238. The number of nitrogens with zero attached hydrogens (tertiary/aromatic N) is 3. The van der Waals surface area contributed by atoms with Gasteiger partial charge in [-0.15, -0.1) is 0 Å². The van der Waals surface area contributed by atoms with Gasteiger partial charge < -0.3 is 14.7 Å². The molecule has 2 amide bonds. The molecule has 2 rings (SSSR count). The molecule has 1 saturated heterocycles. The molecule has 0 unspecified atom stereocenters. The predicted molar refractivity (Wildman–Crippen MR) is 108 cm³/mol. The van der Waals surface area contributed by atoms with Crippen LogP contribution in [0.4, 0.5) is 11.4 Å². The maximum absolute atomic E-state index is 12.5. The highest BCUT2D eigenvalue weighted by Crippen LogP contribution is 2.21. The Morgan fingerprint density at radius 1 is 0.923 bits per heavy atom. The lowest BCUT2D eigenvalue weighted by Gasteiger charge is -2.26. The number of benzene rings is 1. The molecule has 0 saturated carbocycles. The van der Waals surface area contributed by atoms with Gasteiger partial charge in [0, 0.05) is 57.4 Å². The molecule has 5 heteroatoms. The standard InChI is InChI=1S/C21H33N3O2/c1-4-22(5-2)19-10-12-20(13-11-19)24(18(3)25)17-14-21(26)23-15-8-6-7-9-16-23/h10-13H,4-9,14-17H2,1-3H3. The number of likely N-dealkylation sites (tertiary alicyclic amines) is 1. The molecule has 0 bridgehead atoms. The molecule has 1 fully saturated rings. The van der Waals surface area contributed by atoms with Crippen LogP contribution in [-0.2, 0) is 9.59 Å². The average molecular weight is 360 g/mol. The second-order valence-electron chi connectivity index (χ2n) is 6.90. The maximum Gasteiger partial charge on any atom is 0.224 e. The predicted octanol–water partition coefficient (Wildman–Crippen LogP) is 3.68. The first-order chi connectivity index (χ1) is 12.6. The van der Waals surface area contributed by atoms with Crippen LogP contribution >= 0.6 is 0 Å². The van der Waals surface area contributed by atoms with Crippen molar-refractivity contribution in [3.63, 3.8) is 0 Å². The van der Waals surface area contributed by atoms with E-state index in [1.165, 1.54) is 12.8 Å². The topological polar surface area (TPSA) is 43.9 Å². The summed E-state index contributed by atoms with van der Waals surface area (Å²) in [7, 11) is 0. The van der Waals surface area contributed by atoms with Crippen molar-refractivity contribution in [3.05, 3.63) is 24.3 Å². The monoisotopic (exact) mass is 359 g/mol. The van der Waals surface area contributed by atoms with Gasteiger partial charge in [-0.1, -0.05) is 12.8 Å². The van der Waals surface area contributed by atoms with E-state index in [-0.39, 0.29) is 11.8 Å². The van der Waals surface area contributed by atoms with E-state index in [0.717, 1.165) is 50.4 Å².